The fourth-order valence-corrected chi connectivity index (χ4v) is 3.23. The molecule has 0 bridgehead atoms. The van der Waals surface area contributed by atoms with E-state index in [1.54, 1.807) is 12.1 Å². The minimum Gasteiger partial charge on any atom is -0.335 e. The predicted molar refractivity (Wildman–Crippen MR) is 83.2 cm³/mol. The minimum atomic E-state index is -3.54. The fourth-order valence-electron chi connectivity index (χ4n) is 2.11. The van der Waals surface area contributed by atoms with Crippen molar-refractivity contribution in [2.24, 2.45) is 0 Å². The summed E-state index contributed by atoms with van der Waals surface area (Å²) in [6, 6.07) is 6.13. The normalized spacial score (nSPS) is 11.8. The van der Waals surface area contributed by atoms with Crippen LogP contribution in [-0.2, 0) is 10.0 Å². The minimum absolute atomic E-state index is 0.141. The Labute approximate surface area is 127 Å². The summed E-state index contributed by atoms with van der Waals surface area (Å²) in [5.74, 6) is -0.141. The van der Waals surface area contributed by atoms with Crippen molar-refractivity contribution in [1.82, 2.24) is 4.72 Å². The first kappa shape index (κ1) is 17.8. The van der Waals surface area contributed by atoms with Gasteiger partial charge >= 0.3 is 0 Å². The molecule has 0 aliphatic rings. The van der Waals surface area contributed by atoms with Crippen LogP contribution in [0.15, 0.2) is 29.2 Å². The van der Waals surface area contributed by atoms with Crippen LogP contribution in [0.3, 0.4) is 0 Å². The molecule has 21 heavy (non-hydrogen) atoms. The predicted octanol–water partition coefficient (Wildman–Crippen LogP) is 0.482. The molecule has 0 spiro atoms. The molecule has 1 aromatic carbocycles. The van der Waals surface area contributed by atoms with E-state index in [4.69, 9.17) is 0 Å². The van der Waals surface area contributed by atoms with Gasteiger partial charge in [0.05, 0.1) is 24.5 Å². The Morgan fingerprint density at radius 3 is 2.48 bits per heavy atom. The van der Waals surface area contributed by atoms with E-state index in [0.717, 1.165) is 26.1 Å². The zero-order valence-corrected chi connectivity index (χ0v) is 13.8. The third-order valence-electron chi connectivity index (χ3n) is 3.55. The quantitative estimate of drug-likeness (QED) is 0.515. The molecule has 0 fully saturated rings. The van der Waals surface area contributed by atoms with Crippen LogP contribution in [0.5, 0.6) is 0 Å². The van der Waals surface area contributed by atoms with E-state index in [0.29, 0.717) is 12.1 Å². The Kier molecular flexibility index (Phi) is 7.01. The monoisotopic (exact) mass is 313 g/mol. The Hall–Kier alpha value is -1.24. The molecule has 1 aromatic rings. The highest BCUT2D eigenvalue weighted by Crippen LogP contribution is 2.11. The SMILES string of the molecule is CC[NH+](CC)CCCNS(=O)(=O)c1cccc(C(C)=O)c1. The molecular weight excluding hydrogens is 288 g/mol. The maximum atomic E-state index is 12.2. The van der Waals surface area contributed by atoms with E-state index >= 15 is 0 Å². The number of carbonyl (C=O) groups excluding carboxylic acids is 1. The molecule has 0 saturated carbocycles. The number of hydrogen-bond acceptors (Lipinski definition) is 3. The summed E-state index contributed by atoms with van der Waals surface area (Å²) in [4.78, 5) is 12.9. The van der Waals surface area contributed by atoms with Crippen LogP contribution in [0, 0.1) is 0 Å². The maximum Gasteiger partial charge on any atom is 0.240 e. The Morgan fingerprint density at radius 2 is 1.90 bits per heavy atom. The zero-order chi connectivity index (χ0) is 15.9. The first-order chi connectivity index (χ1) is 9.90. The van der Waals surface area contributed by atoms with Crippen molar-refractivity contribution >= 4 is 15.8 Å². The Bertz CT molecular complexity index is 566. The van der Waals surface area contributed by atoms with Gasteiger partial charge in [-0.3, -0.25) is 4.79 Å². The highest BCUT2D eigenvalue weighted by molar-refractivity contribution is 7.89. The van der Waals surface area contributed by atoms with Gasteiger partial charge in [0.2, 0.25) is 10.0 Å². The second-order valence-electron chi connectivity index (χ2n) is 5.04. The third-order valence-corrected chi connectivity index (χ3v) is 5.01. The summed E-state index contributed by atoms with van der Waals surface area (Å²) in [5.41, 5.74) is 0.408. The van der Waals surface area contributed by atoms with E-state index in [9.17, 15) is 13.2 Å². The van der Waals surface area contributed by atoms with Crippen LogP contribution >= 0.6 is 0 Å². The molecule has 0 saturated heterocycles. The van der Waals surface area contributed by atoms with Gasteiger partial charge in [-0.2, -0.15) is 0 Å². The highest BCUT2D eigenvalue weighted by Gasteiger charge is 2.15. The molecule has 0 aliphatic heterocycles. The molecule has 0 radical (unpaired) electrons. The first-order valence-electron chi connectivity index (χ1n) is 7.35. The van der Waals surface area contributed by atoms with Gasteiger partial charge in [-0.25, -0.2) is 13.1 Å². The first-order valence-corrected chi connectivity index (χ1v) is 8.83. The van der Waals surface area contributed by atoms with Gasteiger partial charge in [-0.1, -0.05) is 12.1 Å². The van der Waals surface area contributed by atoms with Crippen molar-refractivity contribution in [2.45, 2.75) is 32.1 Å². The van der Waals surface area contributed by atoms with Gasteiger partial charge in [0.25, 0.3) is 0 Å². The number of sulfonamides is 1. The summed E-state index contributed by atoms with van der Waals surface area (Å²) in [6.45, 7) is 9.12. The van der Waals surface area contributed by atoms with Crippen molar-refractivity contribution in [1.29, 1.82) is 0 Å². The summed E-state index contributed by atoms with van der Waals surface area (Å²) < 4.78 is 26.9. The number of Topliss-reactive ketones (excluding diaryl/α,β-unsaturated/α-hetero) is 1. The van der Waals surface area contributed by atoms with E-state index in [1.165, 1.54) is 24.0 Å². The van der Waals surface area contributed by atoms with Crippen molar-refractivity contribution in [3.63, 3.8) is 0 Å². The molecule has 0 atom stereocenters. The molecule has 0 unspecified atom stereocenters. The highest BCUT2D eigenvalue weighted by atomic mass is 32.2. The topological polar surface area (TPSA) is 67.7 Å². The van der Waals surface area contributed by atoms with E-state index in [-0.39, 0.29) is 10.7 Å². The van der Waals surface area contributed by atoms with E-state index in [2.05, 4.69) is 18.6 Å². The number of quaternary nitrogens is 1. The average molecular weight is 313 g/mol. The summed E-state index contributed by atoms with van der Waals surface area (Å²) in [7, 11) is -3.54. The maximum absolute atomic E-state index is 12.2. The number of rotatable bonds is 9. The Morgan fingerprint density at radius 1 is 1.24 bits per heavy atom. The van der Waals surface area contributed by atoms with Crippen LogP contribution in [0.2, 0.25) is 0 Å². The van der Waals surface area contributed by atoms with Crippen LogP contribution in [0.25, 0.3) is 0 Å². The molecule has 6 heteroatoms. The number of carbonyl (C=O) groups is 1. The number of benzene rings is 1. The smallest absolute Gasteiger partial charge is 0.240 e. The van der Waals surface area contributed by atoms with Gasteiger partial charge < -0.3 is 4.90 Å². The second-order valence-corrected chi connectivity index (χ2v) is 6.81. The van der Waals surface area contributed by atoms with Crippen molar-refractivity contribution in [3.05, 3.63) is 29.8 Å². The van der Waals surface area contributed by atoms with Gasteiger partial charge in [0.1, 0.15) is 0 Å². The largest absolute Gasteiger partial charge is 0.335 e. The number of ketones is 1. The molecule has 0 aromatic heterocycles. The number of hydrogen-bond donors (Lipinski definition) is 2. The fraction of sp³-hybridized carbons (Fsp3) is 0.533. The molecule has 0 aliphatic carbocycles. The van der Waals surface area contributed by atoms with Crippen LogP contribution < -0.4 is 9.62 Å². The average Bonchev–Trinajstić information content (AvgIpc) is 2.47. The lowest BCUT2D eigenvalue weighted by atomic mass is 10.2. The zero-order valence-electron chi connectivity index (χ0n) is 13.0. The second kappa shape index (κ2) is 8.26. The molecule has 0 amide bonds. The molecule has 2 N–H and O–H groups in total. The molecule has 0 heterocycles. The van der Waals surface area contributed by atoms with Crippen molar-refractivity contribution < 1.29 is 18.1 Å². The van der Waals surface area contributed by atoms with Crippen molar-refractivity contribution in [2.75, 3.05) is 26.2 Å². The lowest BCUT2D eigenvalue weighted by Crippen LogP contribution is -3.11. The van der Waals surface area contributed by atoms with Gasteiger partial charge in [0.15, 0.2) is 5.78 Å². The molecule has 118 valence electrons. The van der Waals surface area contributed by atoms with Crippen molar-refractivity contribution in [3.8, 4) is 0 Å². The number of nitrogens with one attached hydrogen (secondary N) is 2. The Balaban J connectivity index is 2.61. The van der Waals surface area contributed by atoms with Crippen LogP contribution in [-0.4, -0.2) is 40.4 Å². The van der Waals surface area contributed by atoms with Gasteiger partial charge in [-0.05, 0) is 32.9 Å². The molecule has 5 nitrogen and oxygen atoms in total. The summed E-state index contributed by atoms with van der Waals surface area (Å²) >= 11 is 0. The summed E-state index contributed by atoms with van der Waals surface area (Å²) in [5, 5.41) is 0. The summed E-state index contributed by atoms with van der Waals surface area (Å²) in [6.07, 6.45) is 0.794. The van der Waals surface area contributed by atoms with E-state index in [1.807, 2.05) is 0 Å². The molecular formula is C15H25N2O3S+. The van der Waals surface area contributed by atoms with Crippen LogP contribution in [0.4, 0.5) is 0 Å². The standard InChI is InChI=1S/C15H24N2O3S/c1-4-17(5-2)11-7-10-16-21(19,20)15-9-6-8-14(12-15)13(3)18/h6,8-9,12,16H,4-5,7,10-11H2,1-3H3/p+1. The third kappa shape index (κ3) is 5.57. The lowest BCUT2D eigenvalue weighted by molar-refractivity contribution is -0.896. The van der Waals surface area contributed by atoms with Crippen LogP contribution in [0.1, 0.15) is 37.6 Å². The van der Waals surface area contributed by atoms with E-state index < -0.39 is 10.0 Å². The molecule has 1 rings (SSSR count). The lowest BCUT2D eigenvalue weighted by Gasteiger charge is -2.15. The van der Waals surface area contributed by atoms with Gasteiger partial charge in [0, 0.05) is 18.5 Å². The van der Waals surface area contributed by atoms with Gasteiger partial charge in [-0.15, -0.1) is 0 Å².